The van der Waals surface area contributed by atoms with Crippen molar-refractivity contribution in [1.82, 2.24) is 4.90 Å². The minimum absolute atomic E-state index is 0.0125. The number of likely N-dealkylation sites (tertiary alicyclic amines) is 1. The van der Waals surface area contributed by atoms with E-state index in [0.717, 1.165) is 23.4 Å². The number of allylic oxidation sites excluding steroid dienone is 1. The zero-order valence-electron chi connectivity index (χ0n) is 18.4. The lowest BCUT2D eigenvalue weighted by atomic mass is 9.92. The van der Waals surface area contributed by atoms with Crippen LogP contribution >= 0.6 is 23.2 Å². The number of rotatable bonds is 4. The summed E-state index contributed by atoms with van der Waals surface area (Å²) >= 11 is 11.5. The Morgan fingerprint density at radius 3 is 2.16 bits per heavy atom. The van der Waals surface area contributed by atoms with Crippen LogP contribution < -0.4 is 0 Å². The normalized spacial score (nSPS) is 16.1. The van der Waals surface area contributed by atoms with Gasteiger partial charge in [-0.2, -0.15) is 0 Å². The molecule has 1 aliphatic heterocycles. The number of methoxy groups -OCH3 is 1. The number of amides is 1. The summed E-state index contributed by atoms with van der Waals surface area (Å²) in [6, 6.07) is 16.3. The molecule has 2 aromatic rings. The summed E-state index contributed by atoms with van der Waals surface area (Å²) in [5.74, 6) is -0.342. The maximum absolute atomic E-state index is 12.4. The highest BCUT2D eigenvalue weighted by Gasteiger charge is 2.37. The highest BCUT2D eigenvalue weighted by atomic mass is 35.5. The topological polar surface area (TPSA) is 46.6 Å². The third-order valence-corrected chi connectivity index (χ3v) is 5.18. The predicted octanol–water partition coefficient (Wildman–Crippen LogP) is 6.88. The molecule has 1 fully saturated rings. The van der Waals surface area contributed by atoms with Gasteiger partial charge in [-0.05, 0) is 56.0 Å². The van der Waals surface area contributed by atoms with Crippen LogP contribution in [0.25, 0.3) is 0 Å². The first-order valence-electron chi connectivity index (χ1n) is 10.3. The Labute approximate surface area is 195 Å². The standard InChI is InChI=1S/C16H20ClNO3.C6H5Cl.C3H6/c1-3-13(16(20)21-2)18-14(5-4-6-15(18)19)11-7-9-12(17)10-8-11;7-6-4-2-1-3-5-6;1-3-2/h7-10,13-14H,3-6H2,1-2H3;1-5H;3H,1H2,2H3/t13-,14?;;/m0../s1. The van der Waals surface area contributed by atoms with E-state index in [1.54, 1.807) is 11.0 Å². The molecule has 2 aromatic carbocycles. The molecule has 1 unspecified atom stereocenters. The predicted molar refractivity (Wildman–Crippen MR) is 128 cm³/mol. The summed E-state index contributed by atoms with van der Waals surface area (Å²) in [4.78, 5) is 26.0. The second kappa shape index (κ2) is 14.7. The number of halogens is 2. The second-order valence-corrected chi connectivity index (χ2v) is 7.78. The molecule has 0 saturated carbocycles. The molecule has 0 aromatic heterocycles. The summed E-state index contributed by atoms with van der Waals surface area (Å²) in [5.41, 5.74) is 1.01. The fourth-order valence-electron chi connectivity index (χ4n) is 3.32. The van der Waals surface area contributed by atoms with E-state index in [1.807, 2.05) is 68.4 Å². The molecule has 168 valence electrons. The Hall–Kier alpha value is -2.30. The van der Waals surface area contributed by atoms with Crippen LogP contribution in [0, 0.1) is 0 Å². The third kappa shape index (κ3) is 8.76. The number of carbonyl (C=O) groups is 2. The van der Waals surface area contributed by atoms with Gasteiger partial charge in [-0.15, -0.1) is 6.58 Å². The van der Waals surface area contributed by atoms with E-state index in [2.05, 4.69) is 6.58 Å². The molecule has 0 radical (unpaired) electrons. The largest absolute Gasteiger partial charge is 0.467 e. The molecule has 31 heavy (non-hydrogen) atoms. The summed E-state index contributed by atoms with van der Waals surface area (Å²) in [6.45, 7) is 7.14. The first-order chi connectivity index (χ1) is 14.9. The van der Waals surface area contributed by atoms with E-state index < -0.39 is 6.04 Å². The van der Waals surface area contributed by atoms with Crippen LogP contribution in [0.4, 0.5) is 0 Å². The molecule has 6 heteroatoms. The molecule has 0 N–H and O–H groups in total. The van der Waals surface area contributed by atoms with Crippen molar-refractivity contribution in [2.24, 2.45) is 0 Å². The number of piperidine rings is 1. The number of hydrogen-bond acceptors (Lipinski definition) is 3. The number of carbonyl (C=O) groups excluding carboxylic acids is 2. The van der Waals surface area contributed by atoms with Crippen molar-refractivity contribution in [2.75, 3.05) is 7.11 Å². The maximum atomic E-state index is 12.4. The Morgan fingerprint density at radius 1 is 1.16 bits per heavy atom. The fourth-order valence-corrected chi connectivity index (χ4v) is 3.59. The maximum Gasteiger partial charge on any atom is 0.328 e. The summed E-state index contributed by atoms with van der Waals surface area (Å²) in [5, 5.41) is 1.45. The van der Waals surface area contributed by atoms with Crippen molar-refractivity contribution in [3.63, 3.8) is 0 Å². The van der Waals surface area contributed by atoms with Gasteiger partial charge in [-0.1, -0.05) is 66.5 Å². The second-order valence-electron chi connectivity index (χ2n) is 6.91. The van der Waals surface area contributed by atoms with Crippen LogP contribution in [0.5, 0.6) is 0 Å². The van der Waals surface area contributed by atoms with Crippen molar-refractivity contribution in [3.8, 4) is 0 Å². The van der Waals surface area contributed by atoms with Gasteiger partial charge in [0.05, 0.1) is 13.2 Å². The van der Waals surface area contributed by atoms with Gasteiger partial charge in [0.25, 0.3) is 0 Å². The summed E-state index contributed by atoms with van der Waals surface area (Å²) in [7, 11) is 1.36. The minimum atomic E-state index is -0.525. The van der Waals surface area contributed by atoms with E-state index >= 15 is 0 Å². The van der Waals surface area contributed by atoms with Gasteiger partial charge in [0.2, 0.25) is 5.91 Å². The van der Waals surface area contributed by atoms with E-state index in [0.29, 0.717) is 17.9 Å². The molecule has 0 bridgehead atoms. The first-order valence-corrected chi connectivity index (χ1v) is 11.1. The molecule has 2 atom stereocenters. The van der Waals surface area contributed by atoms with Gasteiger partial charge in [-0.3, -0.25) is 4.79 Å². The Morgan fingerprint density at radius 2 is 1.71 bits per heavy atom. The molecule has 4 nitrogen and oxygen atoms in total. The van der Waals surface area contributed by atoms with Crippen molar-refractivity contribution in [3.05, 3.63) is 82.9 Å². The van der Waals surface area contributed by atoms with Gasteiger partial charge in [0.1, 0.15) is 6.04 Å². The van der Waals surface area contributed by atoms with E-state index in [1.165, 1.54) is 7.11 Å². The molecular weight excluding hydrogens is 433 g/mol. The average Bonchev–Trinajstić information content (AvgIpc) is 2.77. The zero-order chi connectivity index (χ0) is 23.2. The van der Waals surface area contributed by atoms with Crippen LogP contribution in [0.3, 0.4) is 0 Å². The van der Waals surface area contributed by atoms with Gasteiger partial charge < -0.3 is 9.64 Å². The summed E-state index contributed by atoms with van der Waals surface area (Å²) in [6.07, 6.45) is 4.46. The number of ether oxygens (including phenoxy) is 1. The zero-order valence-corrected chi connectivity index (χ0v) is 19.9. The average molecular weight is 464 g/mol. The van der Waals surface area contributed by atoms with E-state index in [4.69, 9.17) is 27.9 Å². The molecule has 1 saturated heterocycles. The molecule has 0 spiro atoms. The number of esters is 1. The summed E-state index contributed by atoms with van der Waals surface area (Å²) < 4.78 is 4.85. The minimum Gasteiger partial charge on any atom is -0.467 e. The fraction of sp³-hybridized carbons (Fsp3) is 0.360. The molecule has 1 aliphatic rings. The highest BCUT2D eigenvalue weighted by molar-refractivity contribution is 6.30. The molecule has 1 heterocycles. The lowest BCUT2D eigenvalue weighted by Gasteiger charge is -2.40. The SMILES string of the molecule is C=CC.CC[C@@H](C(=O)OC)N1C(=O)CCCC1c1ccc(Cl)cc1.Clc1ccccc1. The monoisotopic (exact) mass is 463 g/mol. The smallest absolute Gasteiger partial charge is 0.328 e. The van der Waals surface area contributed by atoms with Gasteiger partial charge in [0, 0.05) is 16.5 Å². The van der Waals surface area contributed by atoms with Crippen LogP contribution in [0.1, 0.15) is 51.1 Å². The number of benzene rings is 2. The van der Waals surface area contributed by atoms with Crippen molar-refractivity contribution < 1.29 is 14.3 Å². The van der Waals surface area contributed by atoms with Gasteiger partial charge in [0.15, 0.2) is 0 Å². The van der Waals surface area contributed by atoms with Crippen LogP contribution in [-0.4, -0.2) is 29.9 Å². The Kier molecular flexibility index (Phi) is 12.6. The molecule has 0 aliphatic carbocycles. The third-order valence-electron chi connectivity index (χ3n) is 4.68. The molecular formula is C25H31Cl2NO3. The Bertz CT molecular complexity index is 809. The highest BCUT2D eigenvalue weighted by Crippen LogP contribution is 2.34. The first kappa shape index (κ1) is 26.7. The van der Waals surface area contributed by atoms with Gasteiger partial charge in [-0.25, -0.2) is 4.79 Å². The number of nitrogens with zero attached hydrogens (tertiary/aromatic N) is 1. The lowest BCUT2D eigenvalue weighted by Crippen LogP contribution is -2.49. The van der Waals surface area contributed by atoms with E-state index in [9.17, 15) is 9.59 Å². The van der Waals surface area contributed by atoms with Crippen LogP contribution in [-0.2, 0) is 14.3 Å². The molecule has 3 rings (SSSR count). The number of hydrogen-bond donors (Lipinski definition) is 0. The van der Waals surface area contributed by atoms with Crippen LogP contribution in [0.15, 0.2) is 67.3 Å². The van der Waals surface area contributed by atoms with Crippen molar-refractivity contribution in [1.29, 1.82) is 0 Å². The molecule has 1 amide bonds. The Balaban J connectivity index is 0.000000397. The quantitative estimate of drug-likeness (QED) is 0.366. The van der Waals surface area contributed by atoms with E-state index in [-0.39, 0.29) is 17.9 Å². The van der Waals surface area contributed by atoms with Crippen molar-refractivity contribution in [2.45, 2.75) is 51.6 Å². The van der Waals surface area contributed by atoms with Crippen molar-refractivity contribution >= 4 is 35.1 Å². The lowest BCUT2D eigenvalue weighted by molar-refractivity contribution is -0.157. The van der Waals surface area contributed by atoms with Crippen LogP contribution in [0.2, 0.25) is 10.0 Å². The van der Waals surface area contributed by atoms with Gasteiger partial charge >= 0.3 is 5.97 Å².